The van der Waals surface area contributed by atoms with Crippen molar-refractivity contribution < 1.29 is 45.5 Å². The number of alkyl halides is 6. The molecule has 0 bridgehead atoms. The monoisotopic (exact) mass is 1180 g/mol. The maximum Gasteiger partial charge on any atom is 0.421 e. The van der Waals surface area contributed by atoms with Crippen LogP contribution < -0.4 is 26.6 Å². The lowest BCUT2D eigenvalue weighted by molar-refractivity contribution is -0.138. The summed E-state index contributed by atoms with van der Waals surface area (Å²) in [6.07, 6.45) is 3.54. The van der Waals surface area contributed by atoms with Crippen LogP contribution in [0.3, 0.4) is 0 Å². The van der Waals surface area contributed by atoms with Crippen molar-refractivity contribution in [3.63, 3.8) is 0 Å². The summed E-state index contributed by atoms with van der Waals surface area (Å²) in [7, 11) is 5.72. The number of hydrogen-bond donors (Lipinski definition) is 5. The largest absolute Gasteiger partial charge is 0.421 e. The number of benzene rings is 2. The molecule has 18 nitrogen and oxygen atoms in total. The Hall–Kier alpha value is -6.82. The standard InChI is InChI=1S/C31H42F3N7O2.C29H40F3N7O2/c1-3-40-18-14-23(15-19-40)39(2)28(42)21-10-12-22(13-11-21)36-30-35-20-25(31(32,33)34)27(38-30)37-26-9-5-4-8-24(26)29(43)41-16-6-7-17-41;1-18(2)34-26(40)22-7-5-6-8-24(22)36-25-23(29(30,31)32)17-33-28(37-25)35-20-11-9-19(10-12-20)27(41)39(4)21-13-15-38(3)16-14-21/h10-13,20,23-24,26H,3-9,14-19H2,1-2H3,(H2,35,36,37,38);9-12,17-18,21-22,24H,5-8,13-16H2,1-4H3,(H,34,40)(H2,33,35,36,37)/t24-,26+;22-,24+/m00/s1. The predicted molar refractivity (Wildman–Crippen MR) is 311 cm³/mol. The van der Waals surface area contributed by atoms with Gasteiger partial charge in [0.05, 0.1) is 11.8 Å². The lowest BCUT2D eigenvalue weighted by Crippen LogP contribution is -2.45. The van der Waals surface area contributed by atoms with E-state index in [-0.39, 0.29) is 71.2 Å². The summed E-state index contributed by atoms with van der Waals surface area (Å²) in [5, 5.41) is 14.7. The number of likely N-dealkylation sites (tertiary alicyclic amines) is 3. The molecule has 9 rings (SSSR count). The average molecular weight is 1180 g/mol. The first-order valence-corrected chi connectivity index (χ1v) is 29.8. The number of nitrogens with one attached hydrogen (secondary N) is 5. The van der Waals surface area contributed by atoms with E-state index in [2.05, 4.69) is 70.3 Å². The zero-order valence-electron chi connectivity index (χ0n) is 49.1. The van der Waals surface area contributed by atoms with Gasteiger partial charge < -0.3 is 51.1 Å². The molecule has 2 aliphatic carbocycles. The van der Waals surface area contributed by atoms with Crippen molar-refractivity contribution in [1.29, 1.82) is 0 Å². The van der Waals surface area contributed by atoms with Crippen LogP contribution in [0.5, 0.6) is 0 Å². The summed E-state index contributed by atoms with van der Waals surface area (Å²) in [5.41, 5.74) is 0.171. The third-order valence-corrected chi connectivity index (χ3v) is 17.1. The van der Waals surface area contributed by atoms with Gasteiger partial charge in [0.1, 0.15) is 22.8 Å². The first-order chi connectivity index (χ1) is 40.1. The van der Waals surface area contributed by atoms with Gasteiger partial charge in [0.25, 0.3) is 11.8 Å². The van der Waals surface area contributed by atoms with E-state index in [0.29, 0.717) is 61.3 Å². The molecule has 2 aromatic carbocycles. The van der Waals surface area contributed by atoms with Crippen LogP contribution >= 0.6 is 0 Å². The van der Waals surface area contributed by atoms with Crippen LogP contribution in [0.15, 0.2) is 60.9 Å². The topological polar surface area (TPSA) is 196 Å². The maximum absolute atomic E-state index is 14.0. The van der Waals surface area contributed by atoms with Crippen LogP contribution in [0.25, 0.3) is 0 Å². The van der Waals surface area contributed by atoms with Crippen molar-refractivity contribution in [3.05, 3.63) is 83.2 Å². The molecule has 84 heavy (non-hydrogen) atoms. The van der Waals surface area contributed by atoms with E-state index in [0.717, 1.165) is 109 Å². The van der Waals surface area contributed by atoms with Crippen LogP contribution in [-0.4, -0.2) is 165 Å². The molecule has 3 aliphatic heterocycles. The van der Waals surface area contributed by atoms with E-state index in [9.17, 15) is 45.5 Å². The number of halogens is 6. The van der Waals surface area contributed by atoms with Gasteiger partial charge in [0, 0.05) is 105 Å². The molecule has 24 heteroatoms. The summed E-state index contributed by atoms with van der Waals surface area (Å²) in [6.45, 7) is 12.1. The molecule has 0 radical (unpaired) electrons. The molecule has 0 unspecified atom stereocenters. The number of carbonyl (C=O) groups excluding carboxylic acids is 4. The second kappa shape index (κ2) is 28.4. The zero-order chi connectivity index (χ0) is 60.3. The number of nitrogens with zero attached hydrogens (tertiary/aromatic N) is 9. The molecule has 5 N–H and O–H groups in total. The van der Waals surface area contributed by atoms with E-state index in [1.807, 2.05) is 32.8 Å². The van der Waals surface area contributed by atoms with E-state index in [1.165, 1.54) is 0 Å². The molecule has 3 saturated heterocycles. The van der Waals surface area contributed by atoms with Gasteiger partial charge in [-0.25, -0.2) is 9.97 Å². The molecule has 5 heterocycles. The van der Waals surface area contributed by atoms with Gasteiger partial charge in [0.2, 0.25) is 23.7 Å². The molecule has 5 aliphatic rings. The van der Waals surface area contributed by atoms with Crippen LogP contribution in [0.2, 0.25) is 0 Å². The summed E-state index contributed by atoms with van der Waals surface area (Å²) < 4.78 is 83.5. The number of aromatic nitrogens is 4. The third-order valence-electron chi connectivity index (χ3n) is 17.1. The van der Waals surface area contributed by atoms with Crippen LogP contribution in [-0.2, 0) is 21.9 Å². The highest BCUT2D eigenvalue weighted by Crippen LogP contribution is 2.39. The number of carbonyl (C=O) groups is 4. The number of amides is 4. The molecule has 2 aromatic heterocycles. The summed E-state index contributed by atoms with van der Waals surface area (Å²) in [5.74, 6) is -1.88. The van der Waals surface area contributed by atoms with E-state index in [1.54, 1.807) is 58.3 Å². The van der Waals surface area contributed by atoms with Crippen LogP contribution in [0.1, 0.15) is 143 Å². The van der Waals surface area contributed by atoms with E-state index < -0.39 is 41.5 Å². The third kappa shape index (κ3) is 16.5. The Morgan fingerprint density at radius 3 is 1.43 bits per heavy atom. The summed E-state index contributed by atoms with van der Waals surface area (Å²) in [4.78, 5) is 78.4. The number of anilines is 6. The fourth-order valence-corrected chi connectivity index (χ4v) is 12.0. The highest BCUT2D eigenvalue weighted by Gasteiger charge is 2.41. The van der Waals surface area contributed by atoms with Crippen molar-refractivity contribution in [3.8, 4) is 0 Å². The minimum Gasteiger partial charge on any atom is -0.366 e. The van der Waals surface area contributed by atoms with E-state index >= 15 is 0 Å². The molecule has 5 fully saturated rings. The minimum atomic E-state index is -4.67. The molecule has 4 atom stereocenters. The Morgan fingerprint density at radius 2 is 1.00 bits per heavy atom. The molecule has 0 spiro atoms. The normalized spacial score (nSPS) is 21.2. The van der Waals surface area contributed by atoms with Gasteiger partial charge in [-0.1, -0.05) is 32.6 Å². The second-order valence-electron chi connectivity index (χ2n) is 23.3. The lowest BCUT2D eigenvalue weighted by Gasteiger charge is -2.36. The summed E-state index contributed by atoms with van der Waals surface area (Å²) in [6, 6.07) is 12.9. The van der Waals surface area contributed by atoms with Gasteiger partial charge in [-0.05, 0) is 153 Å². The lowest BCUT2D eigenvalue weighted by atomic mass is 9.83. The van der Waals surface area contributed by atoms with Crippen molar-refractivity contribution >= 4 is 58.5 Å². The second-order valence-corrected chi connectivity index (χ2v) is 23.3. The number of piperidine rings is 2. The fourth-order valence-electron chi connectivity index (χ4n) is 12.0. The minimum absolute atomic E-state index is 0.00684. The quantitative estimate of drug-likeness (QED) is 0.0665. The Kier molecular flexibility index (Phi) is 21.4. The van der Waals surface area contributed by atoms with Gasteiger partial charge in [0.15, 0.2) is 0 Å². The van der Waals surface area contributed by atoms with Crippen molar-refractivity contribution in [2.45, 2.75) is 153 Å². The van der Waals surface area contributed by atoms with Crippen molar-refractivity contribution in [1.82, 2.24) is 49.8 Å². The highest BCUT2D eigenvalue weighted by atomic mass is 19.4. The van der Waals surface area contributed by atoms with Crippen molar-refractivity contribution in [2.24, 2.45) is 11.8 Å². The van der Waals surface area contributed by atoms with Gasteiger partial charge in [-0.3, -0.25) is 19.2 Å². The number of hydrogen-bond acceptors (Lipinski definition) is 14. The smallest absolute Gasteiger partial charge is 0.366 e. The molecule has 4 amide bonds. The Morgan fingerprint density at radius 1 is 0.583 bits per heavy atom. The molecule has 458 valence electrons. The fraction of sp³-hybridized carbons (Fsp3) is 0.600. The predicted octanol–water partition coefficient (Wildman–Crippen LogP) is 10.3. The molecule has 4 aromatic rings. The van der Waals surface area contributed by atoms with Crippen molar-refractivity contribution in [2.75, 3.05) is 88.2 Å². The highest BCUT2D eigenvalue weighted by molar-refractivity contribution is 5.95. The van der Waals surface area contributed by atoms with E-state index in [4.69, 9.17) is 0 Å². The van der Waals surface area contributed by atoms with Gasteiger partial charge in [-0.15, -0.1) is 0 Å². The summed E-state index contributed by atoms with van der Waals surface area (Å²) >= 11 is 0. The SMILES string of the molecule is CC(C)NC(=O)[C@H]1CCCC[C@H]1Nc1nc(Nc2ccc(C(=O)N(C)C3CCN(C)CC3)cc2)ncc1C(F)(F)F.CCN1CCC(N(C)C(=O)c2ccc(Nc3ncc(C(F)(F)F)c(N[C@@H]4CCCC[C@@H]4C(=O)N4CCCC4)n3)cc2)CC1. The zero-order valence-corrected chi connectivity index (χ0v) is 49.1. The molecular formula is C60H82F6N14O4. The average Bonchev–Trinajstić information content (AvgIpc) is 3.78. The first kappa shape index (κ1) is 63.2. The Labute approximate surface area is 488 Å². The Balaban J connectivity index is 0.000000219. The maximum atomic E-state index is 14.0. The molecular weight excluding hydrogens is 1090 g/mol. The first-order valence-electron chi connectivity index (χ1n) is 29.8. The van der Waals surface area contributed by atoms with Crippen LogP contribution in [0.4, 0.5) is 61.2 Å². The van der Waals surface area contributed by atoms with Crippen LogP contribution in [0, 0.1) is 11.8 Å². The number of rotatable bonds is 16. The Bertz CT molecular complexity index is 2840. The van der Waals surface area contributed by atoms with Gasteiger partial charge >= 0.3 is 12.4 Å². The molecule has 2 saturated carbocycles. The van der Waals surface area contributed by atoms with Gasteiger partial charge in [-0.2, -0.15) is 36.3 Å².